The van der Waals surface area contributed by atoms with E-state index in [2.05, 4.69) is 66.3 Å². The van der Waals surface area contributed by atoms with Crippen molar-refractivity contribution in [2.45, 2.75) is 69.4 Å². The quantitative estimate of drug-likeness (QED) is 0.832. The molecule has 6 atom stereocenters. The van der Waals surface area contributed by atoms with Crippen molar-refractivity contribution >= 4 is 16.5 Å². The van der Waals surface area contributed by atoms with Crippen LogP contribution in [0.15, 0.2) is 42.5 Å². The average Bonchev–Trinajstić information content (AvgIpc) is 2.65. The highest BCUT2D eigenvalue weighted by molar-refractivity contribution is 5.94. The summed E-state index contributed by atoms with van der Waals surface area (Å²) in [7, 11) is 0. The van der Waals surface area contributed by atoms with Crippen molar-refractivity contribution in [2.24, 2.45) is 17.8 Å². The fourth-order valence-electron chi connectivity index (χ4n) is 7.29. The lowest BCUT2D eigenvalue weighted by atomic mass is 9.52. The number of benzene rings is 2. The van der Waals surface area contributed by atoms with Crippen LogP contribution in [0.25, 0.3) is 10.8 Å². The van der Waals surface area contributed by atoms with E-state index < -0.39 is 11.8 Å². The van der Waals surface area contributed by atoms with Gasteiger partial charge in [0.25, 0.3) is 0 Å². The van der Waals surface area contributed by atoms with E-state index in [-0.39, 0.29) is 5.54 Å². The molecule has 2 aromatic carbocycles. The van der Waals surface area contributed by atoms with Crippen LogP contribution in [0.1, 0.15) is 46.0 Å². The van der Waals surface area contributed by atoms with Gasteiger partial charge in [-0.3, -0.25) is 5.01 Å². The van der Waals surface area contributed by atoms with E-state index >= 15 is 0 Å². The number of aliphatic hydroxyl groups excluding tert-OH is 1. The van der Waals surface area contributed by atoms with E-state index in [0.29, 0.717) is 23.8 Å². The lowest BCUT2D eigenvalue weighted by Gasteiger charge is -2.69. The van der Waals surface area contributed by atoms with Crippen LogP contribution in [0.2, 0.25) is 0 Å². The fraction of sp³-hybridized carbons (Fsp3) is 0.583. The van der Waals surface area contributed by atoms with Crippen molar-refractivity contribution < 1.29 is 10.2 Å². The Balaban J connectivity index is 1.43. The lowest BCUT2D eigenvalue weighted by Crippen LogP contribution is -2.82. The third-order valence-corrected chi connectivity index (χ3v) is 8.15. The molecular formula is C24H30N2O2. The van der Waals surface area contributed by atoms with E-state index in [1.54, 1.807) is 0 Å². The highest BCUT2D eigenvalue weighted by Crippen LogP contribution is 2.59. The maximum absolute atomic E-state index is 11.2. The first-order valence-electron chi connectivity index (χ1n) is 10.8. The zero-order valence-corrected chi connectivity index (χ0v) is 16.8. The Kier molecular flexibility index (Phi) is 3.39. The van der Waals surface area contributed by atoms with Gasteiger partial charge in [0.05, 0.1) is 16.8 Å². The summed E-state index contributed by atoms with van der Waals surface area (Å²) < 4.78 is 0. The van der Waals surface area contributed by atoms with E-state index in [1.807, 2.05) is 0 Å². The van der Waals surface area contributed by atoms with Crippen molar-refractivity contribution in [3.8, 4) is 0 Å². The molecule has 7 rings (SSSR count). The van der Waals surface area contributed by atoms with Crippen molar-refractivity contribution in [2.75, 3.05) is 5.01 Å². The van der Waals surface area contributed by atoms with Gasteiger partial charge in [-0.25, -0.2) is 0 Å². The summed E-state index contributed by atoms with van der Waals surface area (Å²) >= 11 is 0. The first-order valence-corrected chi connectivity index (χ1v) is 10.8. The summed E-state index contributed by atoms with van der Waals surface area (Å²) in [6.07, 6.45) is 4.72. The molecule has 0 radical (unpaired) electrons. The van der Waals surface area contributed by atoms with E-state index in [4.69, 9.17) is 0 Å². The minimum absolute atomic E-state index is 0.332. The highest BCUT2D eigenvalue weighted by Gasteiger charge is 2.63. The Hall–Kier alpha value is -1.62. The summed E-state index contributed by atoms with van der Waals surface area (Å²) in [5, 5.41) is 29.3. The van der Waals surface area contributed by atoms with E-state index in [0.717, 1.165) is 19.3 Å². The Morgan fingerprint density at radius 1 is 0.929 bits per heavy atom. The van der Waals surface area contributed by atoms with Crippen molar-refractivity contribution in [1.29, 1.82) is 0 Å². The third-order valence-electron chi connectivity index (χ3n) is 8.15. The van der Waals surface area contributed by atoms with Crippen LogP contribution in [0.3, 0.4) is 0 Å². The Morgan fingerprint density at radius 3 is 2.32 bits per heavy atom. The maximum Gasteiger partial charge on any atom is 0.148 e. The number of hydrogen-bond acceptors (Lipinski definition) is 4. The van der Waals surface area contributed by atoms with Gasteiger partial charge < -0.3 is 10.2 Å². The highest BCUT2D eigenvalue weighted by atomic mass is 16.3. The molecule has 5 fully saturated rings. The molecule has 1 aliphatic heterocycles. The Bertz CT molecular complexity index is 920. The topological polar surface area (TPSA) is 46.9 Å². The van der Waals surface area contributed by atoms with Gasteiger partial charge in [-0.05, 0) is 75.2 Å². The maximum atomic E-state index is 11.2. The standard InChI is InChI=1S/C24H30N2O2/c1-23(2)22(27)25(21-17-10-15-11-18(21)14-24(28,12-15)13-17)26(23)20-9-5-7-16-6-3-4-8-19(16)20/h3-9,15,17-18,21-22,27-28H,10-14H2,1-2H3/t15?,17-,18+,21?,22?,24?. The third kappa shape index (κ3) is 2.17. The monoisotopic (exact) mass is 378 g/mol. The van der Waals surface area contributed by atoms with E-state index in [1.165, 1.54) is 29.3 Å². The van der Waals surface area contributed by atoms with Crippen LogP contribution in [0, 0.1) is 17.8 Å². The Labute approximate surface area is 166 Å². The number of rotatable bonds is 2. The van der Waals surface area contributed by atoms with Crippen LogP contribution < -0.4 is 5.01 Å². The molecule has 4 unspecified atom stereocenters. The van der Waals surface area contributed by atoms with Crippen LogP contribution in [0.5, 0.6) is 0 Å². The van der Waals surface area contributed by atoms with Gasteiger partial charge in [0.1, 0.15) is 6.23 Å². The van der Waals surface area contributed by atoms with Gasteiger partial charge in [0, 0.05) is 11.4 Å². The molecule has 0 amide bonds. The lowest BCUT2D eigenvalue weighted by molar-refractivity contribution is -0.235. The summed E-state index contributed by atoms with van der Waals surface area (Å²) in [5.74, 6) is 1.65. The van der Waals surface area contributed by atoms with Gasteiger partial charge in [-0.15, -0.1) is 0 Å². The number of aliphatic hydroxyl groups is 2. The molecule has 4 bridgehead atoms. The molecule has 4 aliphatic carbocycles. The van der Waals surface area contributed by atoms with Crippen LogP contribution in [-0.2, 0) is 0 Å². The van der Waals surface area contributed by atoms with Crippen LogP contribution >= 0.6 is 0 Å². The molecule has 4 nitrogen and oxygen atoms in total. The zero-order valence-electron chi connectivity index (χ0n) is 16.8. The normalized spacial score (nSPS) is 41.4. The second-order valence-electron chi connectivity index (χ2n) is 10.4. The minimum atomic E-state index is -0.483. The molecule has 2 aromatic rings. The summed E-state index contributed by atoms with van der Waals surface area (Å²) in [6, 6.07) is 15.3. The van der Waals surface area contributed by atoms with Gasteiger partial charge in [0.2, 0.25) is 0 Å². The molecule has 1 heterocycles. The number of hydrazine groups is 1. The fourth-order valence-corrected chi connectivity index (χ4v) is 7.29. The van der Waals surface area contributed by atoms with Gasteiger partial charge >= 0.3 is 0 Å². The molecule has 4 heteroatoms. The molecule has 5 aliphatic rings. The number of anilines is 1. The molecule has 4 saturated carbocycles. The van der Waals surface area contributed by atoms with Gasteiger partial charge in [-0.2, -0.15) is 5.01 Å². The summed E-state index contributed by atoms with van der Waals surface area (Å²) in [6.45, 7) is 4.28. The first-order chi connectivity index (χ1) is 13.4. The van der Waals surface area contributed by atoms with Crippen molar-refractivity contribution in [3.63, 3.8) is 0 Å². The van der Waals surface area contributed by atoms with E-state index in [9.17, 15) is 10.2 Å². The number of fused-ring (bicyclic) bond motifs is 1. The summed E-state index contributed by atoms with van der Waals surface area (Å²) in [5.41, 5.74) is 0.402. The van der Waals surface area contributed by atoms with Crippen molar-refractivity contribution in [1.82, 2.24) is 5.01 Å². The van der Waals surface area contributed by atoms with Crippen molar-refractivity contribution in [3.05, 3.63) is 42.5 Å². The SMILES string of the molecule is CC1(C)C(O)N(C2[C@@H]3CC4C[C@H]2CC(O)(C4)C3)N1c1cccc2ccccc12. The van der Waals surface area contributed by atoms with Gasteiger partial charge in [-0.1, -0.05) is 36.4 Å². The number of nitrogens with zero attached hydrogens (tertiary/aromatic N) is 2. The van der Waals surface area contributed by atoms with Gasteiger partial charge in [0.15, 0.2) is 0 Å². The molecule has 2 N–H and O–H groups in total. The zero-order chi connectivity index (χ0) is 19.3. The molecule has 148 valence electrons. The molecule has 0 spiro atoms. The molecular weight excluding hydrogens is 348 g/mol. The molecule has 0 aromatic heterocycles. The summed E-state index contributed by atoms with van der Waals surface area (Å²) in [4.78, 5) is 0. The molecule has 1 saturated heterocycles. The second kappa shape index (κ2) is 5.50. The predicted octanol–water partition coefficient (Wildman–Crippen LogP) is 3.91. The predicted molar refractivity (Wildman–Crippen MR) is 111 cm³/mol. The minimum Gasteiger partial charge on any atom is -0.390 e. The van der Waals surface area contributed by atoms with Crippen LogP contribution in [0.4, 0.5) is 5.69 Å². The average molecular weight is 379 g/mol. The smallest absolute Gasteiger partial charge is 0.148 e. The second-order valence-corrected chi connectivity index (χ2v) is 10.4. The largest absolute Gasteiger partial charge is 0.390 e. The number of hydrogen-bond donors (Lipinski definition) is 2. The molecule has 28 heavy (non-hydrogen) atoms. The Morgan fingerprint density at radius 2 is 1.61 bits per heavy atom. The van der Waals surface area contributed by atoms with Crippen LogP contribution in [-0.4, -0.2) is 38.6 Å². The first kappa shape index (κ1) is 17.3.